The van der Waals surface area contributed by atoms with Crippen LogP contribution in [0.5, 0.6) is 0 Å². The van der Waals surface area contributed by atoms with Gasteiger partial charge in [-0.1, -0.05) is 26.3 Å². The zero-order valence-corrected chi connectivity index (χ0v) is 14.0. The molecule has 3 rings (SSSR count). The average molecular weight is 326 g/mol. The summed E-state index contributed by atoms with van der Waals surface area (Å²) in [6.45, 7) is 3.93. The highest BCUT2D eigenvalue weighted by molar-refractivity contribution is 5.78. The molecule has 2 N–H and O–H groups in total. The molecular weight excluding hydrogens is 304 g/mol. The number of rotatable bonds is 6. The molecule has 0 spiro atoms. The third-order valence-corrected chi connectivity index (χ3v) is 4.60. The number of nitrogens with zero attached hydrogens (tertiary/aromatic N) is 3. The van der Waals surface area contributed by atoms with Gasteiger partial charge in [-0.25, -0.2) is 14.8 Å². The van der Waals surface area contributed by atoms with Crippen LogP contribution in [0.4, 0.5) is 5.82 Å². The van der Waals surface area contributed by atoms with Crippen molar-refractivity contribution in [1.82, 2.24) is 15.0 Å². The topological polar surface area (TPSA) is 88.0 Å². The molecule has 0 bridgehead atoms. The Morgan fingerprint density at radius 2 is 2.17 bits per heavy atom. The molecular formula is C18H22N4O2. The number of aliphatic carboxylic acids is 1. The van der Waals surface area contributed by atoms with E-state index >= 15 is 0 Å². The fourth-order valence-corrected chi connectivity index (χ4v) is 2.99. The zero-order chi connectivity index (χ0) is 17.1. The minimum Gasteiger partial charge on any atom is -0.480 e. The van der Waals surface area contributed by atoms with E-state index < -0.39 is 12.0 Å². The number of aryl methyl sites for hydroxylation is 1. The molecule has 0 aromatic carbocycles. The summed E-state index contributed by atoms with van der Waals surface area (Å²) >= 11 is 0. The quantitative estimate of drug-likeness (QED) is 0.848. The zero-order valence-electron chi connectivity index (χ0n) is 14.0. The van der Waals surface area contributed by atoms with Gasteiger partial charge in [0.05, 0.1) is 0 Å². The van der Waals surface area contributed by atoms with Crippen molar-refractivity contribution in [2.45, 2.75) is 45.6 Å². The Morgan fingerprint density at radius 3 is 2.83 bits per heavy atom. The number of carboxylic acids is 1. The van der Waals surface area contributed by atoms with Gasteiger partial charge in [0.15, 0.2) is 5.82 Å². The molecule has 0 unspecified atom stereocenters. The van der Waals surface area contributed by atoms with Crippen molar-refractivity contribution >= 4 is 11.8 Å². The number of fused-ring (bicyclic) bond motifs is 1. The standard InChI is InChI=1S/C18H22N4O2/c1-3-11(2)15(18(23)24)21-16-12-7-6-9-13(12)20-17(22-16)14-8-4-5-10-19-14/h4-5,8,10-11,15H,3,6-7,9H2,1-2H3,(H,23,24)(H,20,21,22)/t11-,15-/m0/s1. The van der Waals surface area contributed by atoms with Gasteiger partial charge in [-0.2, -0.15) is 0 Å². The van der Waals surface area contributed by atoms with Gasteiger partial charge in [0.2, 0.25) is 0 Å². The maximum atomic E-state index is 11.6. The minimum atomic E-state index is -0.853. The molecule has 0 aliphatic heterocycles. The number of pyridine rings is 1. The van der Waals surface area contributed by atoms with Gasteiger partial charge in [0, 0.05) is 17.5 Å². The maximum absolute atomic E-state index is 11.6. The van der Waals surface area contributed by atoms with Crippen LogP contribution in [0.15, 0.2) is 24.4 Å². The molecule has 0 fully saturated rings. The number of hydrogen-bond donors (Lipinski definition) is 2. The van der Waals surface area contributed by atoms with Crippen LogP contribution in [0.1, 0.15) is 37.9 Å². The van der Waals surface area contributed by atoms with Crippen LogP contribution < -0.4 is 5.32 Å². The molecule has 6 nitrogen and oxygen atoms in total. The third kappa shape index (κ3) is 3.22. The average Bonchev–Trinajstić information content (AvgIpc) is 3.08. The van der Waals surface area contributed by atoms with Crippen molar-refractivity contribution in [3.8, 4) is 11.5 Å². The summed E-state index contributed by atoms with van der Waals surface area (Å²) < 4.78 is 0. The minimum absolute atomic E-state index is 0.00724. The van der Waals surface area contributed by atoms with E-state index in [9.17, 15) is 9.90 Å². The van der Waals surface area contributed by atoms with Crippen LogP contribution in [-0.2, 0) is 17.6 Å². The molecule has 1 aliphatic rings. The Labute approximate surface area is 141 Å². The molecule has 24 heavy (non-hydrogen) atoms. The first-order valence-electron chi connectivity index (χ1n) is 8.40. The van der Waals surface area contributed by atoms with Crippen LogP contribution in [0.25, 0.3) is 11.5 Å². The second kappa shape index (κ2) is 6.95. The highest BCUT2D eigenvalue weighted by atomic mass is 16.4. The first kappa shape index (κ1) is 16.4. The first-order valence-corrected chi connectivity index (χ1v) is 8.40. The lowest BCUT2D eigenvalue weighted by molar-refractivity contribution is -0.139. The van der Waals surface area contributed by atoms with Crippen LogP contribution >= 0.6 is 0 Å². The molecule has 0 saturated heterocycles. The van der Waals surface area contributed by atoms with Gasteiger partial charge in [0.1, 0.15) is 17.6 Å². The van der Waals surface area contributed by atoms with E-state index in [1.807, 2.05) is 32.0 Å². The van der Waals surface area contributed by atoms with Gasteiger partial charge in [-0.3, -0.25) is 4.98 Å². The lowest BCUT2D eigenvalue weighted by Gasteiger charge is -2.22. The third-order valence-electron chi connectivity index (χ3n) is 4.60. The van der Waals surface area contributed by atoms with Crippen LogP contribution in [-0.4, -0.2) is 32.1 Å². The van der Waals surface area contributed by atoms with E-state index in [0.717, 1.165) is 36.9 Å². The number of nitrogens with one attached hydrogen (secondary N) is 1. The number of aromatic nitrogens is 3. The van der Waals surface area contributed by atoms with Crippen molar-refractivity contribution < 1.29 is 9.90 Å². The summed E-state index contributed by atoms with van der Waals surface area (Å²) in [5, 5.41) is 12.7. The van der Waals surface area contributed by atoms with Gasteiger partial charge in [0.25, 0.3) is 0 Å². The fourth-order valence-electron chi connectivity index (χ4n) is 2.99. The molecule has 0 saturated carbocycles. The van der Waals surface area contributed by atoms with Crippen LogP contribution in [0, 0.1) is 5.92 Å². The molecule has 0 amide bonds. The molecule has 6 heteroatoms. The number of hydrogen-bond acceptors (Lipinski definition) is 5. The molecule has 2 aromatic rings. The van der Waals surface area contributed by atoms with Gasteiger partial charge < -0.3 is 10.4 Å². The highest BCUT2D eigenvalue weighted by Gasteiger charge is 2.27. The Hall–Kier alpha value is -2.50. The Morgan fingerprint density at radius 1 is 1.33 bits per heavy atom. The van der Waals surface area contributed by atoms with Gasteiger partial charge >= 0.3 is 5.97 Å². The van der Waals surface area contributed by atoms with Crippen molar-refractivity contribution in [2.75, 3.05) is 5.32 Å². The summed E-state index contributed by atoms with van der Waals surface area (Å²) in [5.41, 5.74) is 2.75. The molecule has 0 radical (unpaired) electrons. The maximum Gasteiger partial charge on any atom is 0.326 e. The van der Waals surface area contributed by atoms with E-state index in [4.69, 9.17) is 0 Å². The predicted octanol–water partition coefficient (Wildman–Crippen LogP) is 2.94. The predicted molar refractivity (Wildman–Crippen MR) is 91.8 cm³/mol. The van der Waals surface area contributed by atoms with E-state index in [1.165, 1.54) is 0 Å². The van der Waals surface area contributed by atoms with E-state index in [1.54, 1.807) is 6.20 Å². The normalized spacial score (nSPS) is 15.6. The lowest BCUT2D eigenvalue weighted by atomic mass is 9.99. The second-order valence-electron chi connectivity index (χ2n) is 6.24. The monoisotopic (exact) mass is 326 g/mol. The molecule has 2 heterocycles. The number of anilines is 1. The van der Waals surface area contributed by atoms with Crippen molar-refractivity contribution in [2.24, 2.45) is 5.92 Å². The lowest BCUT2D eigenvalue weighted by Crippen LogP contribution is -2.36. The second-order valence-corrected chi connectivity index (χ2v) is 6.24. The Balaban J connectivity index is 2.00. The largest absolute Gasteiger partial charge is 0.480 e. The van der Waals surface area contributed by atoms with Crippen molar-refractivity contribution in [3.05, 3.63) is 35.7 Å². The molecule has 1 aliphatic carbocycles. The summed E-state index contributed by atoms with van der Waals surface area (Å²) in [4.78, 5) is 25.2. The summed E-state index contributed by atoms with van der Waals surface area (Å²) in [6, 6.07) is 4.94. The van der Waals surface area contributed by atoms with Gasteiger partial charge in [-0.05, 0) is 37.3 Å². The Kier molecular flexibility index (Phi) is 4.74. The number of carbonyl (C=O) groups is 1. The summed E-state index contributed by atoms with van der Waals surface area (Å²) in [6.07, 6.45) is 5.29. The van der Waals surface area contributed by atoms with Gasteiger partial charge in [-0.15, -0.1) is 0 Å². The van der Waals surface area contributed by atoms with Crippen LogP contribution in [0.2, 0.25) is 0 Å². The molecule has 126 valence electrons. The van der Waals surface area contributed by atoms with Crippen molar-refractivity contribution in [3.63, 3.8) is 0 Å². The smallest absolute Gasteiger partial charge is 0.326 e. The van der Waals surface area contributed by atoms with E-state index in [-0.39, 0.29) is 5.92 Å². The van der Waals surface area contributed by atoms with Crippen LogP contribution in [0.3, 0.4) is 0 Å². The molecule has 2 atom stereocenters. The Bertz CT molecular complexity index is 733. The first-order chi connectivity index (χ1) is 11.6. The van der Waals surface area contributed by atoms with Crippen molar-refractivity contribution in [1.29, 1.82) is 0 Å². The van der Waals surface area contributed by atoms with E-state index in [2.05, 4.69) is 20.3 Å². The summed E-state index contributed by atoms with van der Waals surface area (Å²) in [5.74, 6) is 0.347. The number of carboxylic acid groups (broad SMARTS) is 1. The fraction of sp³-hybridized carbons (Fsp3) is 0.444. The SMILES string of the molecule is CC[C@H](C)[C@H](Nc1nc(-c2ccccn2)nc2c1CCC2)C(=O)O. The molecule has 2 aromatic heterocycles. The highest BCUT2D eigenvalue weighted by Crippen LogP contribution is 2.29. The van der Waals surface area contributed by atoms with E-state index in [0.29, 0.717) is 17.3 Å². The summed E-state index contributed by atoms with van der Waals surface area (Å²) in [7, 11) is 0.